The summed E-state index contributed by atoms with van der Waals surface area (Å²) in [7, 11) is 4.32. The Kier molecular flexibility index (Phi) is 12.3. The van der Waals surface area contributed by atoms with Gasteiger partial charge >= 0.3 is 0 Å². The molecule has 0 aliphatic heterocycles. The second-order valence-electron chi connectivity index (χ2n) is 9.18. The van der Waals surface area contributed by atoms with Crippen LogP contribution in [0.5, 0.6) is 0 Å². The van der Waals surface area contributed by atoms with Crippen molar-refractivity contribution >= 4 is 10.4 Å². The fraction of sp³-hybridized carbons (Fsp3) is 1.00. The molecule has 0 aromatic carbocycles. The van der Waals surface area contributed by atoms with Crippen molar-refractivity contribution in [3.05, 3.63) is 0 Å². The van der Waals surface area contributed by atoms with E-state index in [4.69, 9.17) is 17.5 Å². The maximum absolute atomic E-state index is 8.52. The zero-order valence-corrected chi connectivity index (χ0v) is 19.4. The predicted molar refractivity (Wildman–Crippen MR) is 110 cm³/mol. The number of hydrogen-bond donors (Lipinski definition) is 0. The SMILES string of the molecule is CC[N+](C)(C)C1CCCCC1.CC[N+](C)(C)C1CCCCC1.O=S(=O)([O-])[O-]. The van der Waals surface area contributed by atoms with Crippen LogP contribution in [0.3, 0.4) is 0 Å². The molecule has 0 heterocycles. The topological polar surface area (TPSA) is 80.3 Å². The maximum Gasteiger partial charge on any atom is 0.0886 e. The van der Waals surface area contributed by atoms with Gasteiger partial charge in [-0.25, -0.2) is 0 Å². The van der Waals surface area contributed by atoms with E-state index in [9.17, 15) is 0 Å². The summed E-state index contributed by atoms with van der Waals surface area (Å²) in [5.74, 6) is 0. The van der Waals surface area contributed by atoms with Gasteiger partial charge in [0.15, 0.2) is 0 Å². The molecule has 0 aromatic heterocycles. The molecule has 2 aliphatic carbocycles. The maximum atomic E-state index is 8.52. The van der Waals surface area contributed by atoms with E-state index in [-0.39, 0.29) is 0 Å². The molecule has 2 fully saturated rings. The summed E-state index contributed by atoms with van der Waals surface area (Å²) in [4.78, 5) is 0. The van der Waals surface area contributed by atoms with Crippen molar-refractivity contribution in [2.45, 2.75) is 90.1 Å². The van der Waals surface area contributed by atoms with Gasteiger partial charge in [-0.1, -0.05) is 12.8 Å². The van der Waals surface area contributed by atoms with Crippen LogP contribution >= 0.6 is 0 Å². The highest BCUT2D eigenvalue weighted by atomic mass is 32.3. The lowest BCUT2D eigenvalue weighted by molar-refractivity contribution is -0.914. The molecule has 27 heavy (non-hydrogen) atoms. The Morgan fingerprint density at radius 1 is 0.667 bits per heavy atom. The monoisotopic (exact) mass is 408 g/mol. The van der Waals surface area contributed by atoms with E-state index in [1.165, 1.54) is 86.3 Å². The molecule has 0 unspecified atom stereocenters. The highest BCUT2D eigenvalue weighted by Gasteiger charge is 2.28. The van der Waals surface area contributed by atoms with Gasteiger partial charge in [0.2, 0.25) is 0 Å². The molecule has 0 radical (unpaired) electrons. The Labute approximate surface area is 168 Å². The van der Waals surface area contributed by atoms with E-state index in [0.717, 1.165) is 12.1 Å². The van der Waals surface area contributed by atoms with Gasteiger partial charge in [0.25, 0.3) is 0 Å². The Balaban J connectivity index is 0.000000405. The van der Waals surface area contributed by atoms with Crippen LogP contribution < -0.4 is 0 Å². The summed E-state index contributed by atoms with van der Waals surface area (Å²) in [6.45, 7) is 7.17. The average molecular weight is 409 g/mol. The fourth-order valence-corrected chi connectivity index (χ4v) is 4.08. The van der Waals surface area contributed by atoms with Gasteiger partial charge < -0.3 is 18.1 Å². The lowest BCUT2D eigenvalue weighted by atomic mass is 9.93. The van der Waals surface area contributed by atoms with Crippen LogP contribution in [0.25, 0.3) is 0 Å². The van der Waals surface area contributed by atoms with Crippen LogP contribution in [0.15, 0.2) is 0 Å². The van der Waals surface area contributed by atoms with Crippen molar-refractivity contribution in [3.8, 4) is 0 Å². The summed E-state index contributed by atoms with van der Waals surface area (Å²) in [5.41, 5.74) is 0. The van der Waals surface area contributed by atoms with Crippen molar-refractivity contribution in [1.82, 2.24) is 0 Å². The molecule has 0 spiro atoms. The van der Waals surface area contributed by atoms with Crippen LogP contribution in [-0.2, 0) is 10.4 Å². The van der Waals surface area contributed by atoms with Gasteiger partial charge in [-0.05, 0) is 65.2 Å². The summed E-state index contributed by atoms with van der Waals surface area (Å²) in [5, 5.41) is 0. The van der Waals surface area contributed by atoms with Crippen molar-refractivity contribution in [3.63, 3.8) is 0 Å². The Hall–Kier alpha value is -0.210. The molecule has 164 valence electrons. The lowest BCUT2D eigenvalue weighted by Gasteiger charge is -2.39. The summed E-state index contributed by atoms with van der Waals surface area (Å²) in [6.07, 6.45) is 14.6. The second kappa shape index (κ2) is 12.4. The molecule has 6 nitrogen and oxygen atoms in total. The highest BCUT2D eigenvalue weighted by molar-refractivity contribution is 7.79. The van der Waals surface area contributed by atoms with Gasteiger partial charge in [-0.3, -0.25) is 8.42 Å². The van der Waals surface area contributed by atoms with E-state index >= 15 is 0 Å². The Morgan fingerprint density at radius 3 is 1.07 bits per heavy atom. The number of nitrogens with zero attached hydrogens (tertiary/aromatic N) is 2. The summed E-state index contributed by atoms with van der Waals surface area (Å²) in [6, 6.07) is 1.91. The minimum Gasteiger partial charge on any atom is -0.759 e. The summed E-state index contributed by atoms with van der Waals surface area (Å²) < 4.78 is 36.6. The van der Waals surface area contributed by atoms with E-state index in [0.29, 0.717) is 0 Å². The van der Waals surface area contributed by atoms with Gasteiger partial charge in [0, 0.05) is 10.4 Å². The number of hydrogen-bond acceptors (Lipinski definition) is 4. The molecule has 0 N–H and O–H groups in total. The number of rotatable bonds is 4. The van der Waals surface area contributed by atoms with Gasteiger partial charge in [0.05, 0.1) is 53.4 Å². The molecular weight excluding hydrogens is 364 g/mol. The zero-order valence-electron chi connectivity index (χ0n) is 18.6. The molecule has 7 heteroatoms. The standard InChI is InChI=1S/2C10H22N.H2O4S/c2*1-4-11(2,3)10-8-6-5-7-9-10;1-5(2,3)4/h2*10H,4-9H2,1-3H3;(H2,1,2,3,4)/q2*+1;/p-2. The van der Waals surface area contributed by atoms with Gasteiger partial charge in [-0.2, -0.15) is 0 Å². The van der Waals surface area contributed by atoms with E-state index < -0.39 is 10.4 Å². The van der Waals surface area contributed by atoms with Crippen molar-refractivity contribution in [2.24, 2.45) is 0 Å². The third-order valence-corrected chi connectivity index (χ3v) is 6.76. The van der Waals surface area contributed by atoms with Gasteiger partial charge in [-0.15, -0.1) is 0 Å². The second-order valence-corrected chi connectivity index (χ2v) is 10.00. The zero-order chi connectivity index (χ0) is 21.1. The molecule has 0 saturated heterocycles. The molecule has 0 amide bonds. The van der Waals surface area contributed by atoms with E-state index in [1.807, 2.05) is 0 Å². The highest BCUT2D eigenvalue weighted by Crippen LogP contribution is 2.25. The average Bonchev–Trinajstić information content (AvgIpc) is 2.62. The molecule has 2 aliphatic rings. The van der Waals surface area contributed by atoms with E-state index in [1.54, 1.807) is 0 Å². The first-order valence-electron chi connectivity index (χ1n) is 10.7. The molecule has 2 rings (SSSR count). The van der Waals surface area contributed by atoms with Crippen LogP contribution in [0.1, 0.15) is 78.1 Å². The third kappa shape index (κ3) is 12.8. The van der Waals surface area contributed by atoms with Gasteiger partial charge in [0.1, 0.15) is 0 Å². The first kappa shape index (κ1) is 26.8. The molecule has 2 saturated carbocycles. The molecule has 0 atom stereocenters. The third-order valence-electron chi connectivity index (χ3n) is 6.76. The molecule has 0 bridgehead atoms. The van der Waals surface area contributed by atoms with Crippen LogP contribution in [0.4, 0.5) is 0 Å². The number of quaternary nitrogens is 2. The first-order chi connectivity index (χ1) is 12.3. The van der Waals surface area contributed by atoms with Crippen LogP contribution in [0.2, 0.25) is 0 Å². The summed E-state index contributed by atoms with van der Waals surface area (Å²) >= 11 is 0. The Morgan fingerprint density at radius 2 is 0.889 bits per heavy atom. The van der Waals surface area contributed by atoms with Crippen LogP contribution in [-0.4, -0.2) is 79.9 Å². The molecule has 0 aromatic rings. The fourth-order valence-electron chi connectivity index (χ4n) is 4.08. The normalized spacial score (nSPS) is 20.1. The largest absolute Gasteiger partial charge is 0.759 e. The van der Waals surface area contributed by atoms with Crippen molar-refractivity contribution in [2.75, 3.05) is 41.3 Å². The quantitative estimate of drug-likeness (QED) is 0.405. The lowest BCUT2D eigenvalue weighted by Crippen LogP contribution is -2.49. The minimum atomic E-state index is -5.17. The Bertz CT molecular complexity index is 442. The van der Waals surface area contributed by atoms with Crippen molar-refractivity contribution < 1.29 is 26.5 Å². The van der Waals surface area contributed by atoms with E-state index in [2.05, 4.69) is 42.0 Å². The van der Waals surface area contributed by atoms with Crippen LogP contribution in [0, 0.1) is 0 Å². The molecular formula is C20H44N2O4S. The minimum absolute atomic E-state index is 0.953. The smallest absolute Gasteiger partial charge is 0.0886 e. The predicted octanol–water partition coefficient (Wildman–Crippen LogP) is 3.49. The van der Waals surface area contributed by atoms with Crippen molar-refractivity contribution in [1.29, 1.82) is 0 Å². The first-order valence-corrected chi connectivity index (χ1v) is 12.0.